The van der Waals surface area contributed by atoms with Gasteiger partial charge < -0.3 is 14.6 Å². The second kappa shape index (κ2) is 8.67. The first-order valence-corrected chi connectivity index (χ1v) is 8.72. The summed E-state index contributed by atoms with van der Waals surface area (Å²) in [5.41, 5.74) is 7.25. The van der Waals surface area contributed by atoms with Gasteiger partial charge in [-0.1, -0.05) is 19.9 Å². The number of nitrogens with zero attached hydrogens (tertiary/aromatic N) is 2. The van der Waals surface area contributed by atoms with Gasteiger partial charge in [-0.15, -0.1) is 0 Å². The Kier molecular flexibility index (Phi) is 6.58. The summed E-state index contributed by atoms with van der Waals surface area (Å²) >= 11 is 5.27. The van der Waals surface area contributed by atoms with Crippen molar-refractivity contribution in [1.29, 1.82) is 0 Å². The number of rotatable bonds is 6. The van der Waals surface area contributed by atoms with Crippen LogP contribution in [0.2, 0.25) is 0 Å². The number of anilines is 1. The van der Waals surface area contributed by atoms with E-state index in [0.29, 0.717) is 11.0 Å². The fourth-order valence-electron chi connectivity index (χ4n) is 2.62. The summed E-state index contributed by atoms with van der Waals surface area (Å²) in [7, 11) is 1.63. The van der Waals surface area contributed by atoms with Gasteiger partial charge in [0.2, 0.25) is 0 Å². The van der Waals surface area contributed by atoms with Crippen molar-refractivity contribution >= 4 is 29.2 Å². The average molecular weight is 359 g/mol. The summed E-state index contributed by atoms with van der Waals surface area (Å²) in [5, 5.41) is 7.76. The zero-order valence-electron chi connectivity index (χ0n) is 15.5. The minimum atomic E-state index is 0.431. The van der Waals surface area contributed by atoms with Crippen LogP contribution >= 0.6 is 12.2 Å². The summed E-state index contributed by atoms with van der Waals surface area (Å²) in [4.78, 5) is 0. The first kappa shape index (κ1) is 19.0. The molecule has 0 spiro atoms. The van der Waals surface area contributed by atoms with E-state index in [4.69, 9.17) is 17.0 Å². The van der Waals surface area contributed by atoms with Gasteiger partial charge in [0.25, 0.3) is 0 Å². The molecule has 0 fully saturated rings. The van der Waals surface area contributed by atoms with Crippen molar-refractivity contribution in [3.63, 3.8) is 0 Å². The third-order valence-electron chi connectivity index (χ3n) is 3.86. The fraction of sp³-hybridized carbons (Fsp3) is 0.368. The van der Waals surface area contributed by atoms with E-state index in [1.807, 2.05) is 24.3 Å². The molecule has 0 saturated heterocycles. The molecule has 0 radical (unpaired) electrons. The molecule has 1 aromatic carbocycles. The molecule has 0 aliphatic rings. The van der Waals surface area contributed by atoms with Crippen LogP contribution in [0.15, 0.2) is 35.4 Å². The highest BCUT2D eigenvalue weighted by Crippen LogP contribution is 2.17. The topological polar surface area (TPSA) is 50.6 Å². The van der Waals surface area contributed by atoms with E-state index in [0.717, 1.165) is 23.5 Å². The van der Waals surface area contributed by atoms with Gasteiger partial charge in [-0.05, 0) is 50.2 Å². The van der Waals surface area contributed by atoms with Crippen LogP contribution < -0.4 is 15.5 Å². The molecule has 0 saturated carbocycles. The van der Waals surface area contributed by atoms with Crippen molar-refractivity contribution in [2.75, 3.05) is 12.4 Å². The predicted octanol–water partition coefficient (Wildman–Crippen LogP) is 4.09. The molecular weight excluding hydrogens is 332 g/mol. The number of hydrazone groups is 1. The number of thiocarbonyl (C=S) groups is 1. The summed E-state index contributed by atoms with van der Waals surface area (Å²) < 4.78 is 7.51. The lowest BCUT2D eigenvalue weighted by Gasteiger charge is -2.11. The number of aryl methyl sites for hydroxylation is 1. The number of benzene rings is 1. The van der Waals surface area contributed by atoms with Crippen molar-refractivity contribution in [1.82, 2.24) is 9.99 Å². The van der Waals surface area contributed by atoms with Gasteiger partial charge in [0.1, 0.15) is 5.75 Å². The molecule has 2 N–H and O–H groups in total. The Bertz CT molecular complexity index is 765. The number of hydrogen-bond donors (Lipinski definition) is 2. The van der Waals surface area contributed by atoms with Crippen molar-refractivity contribution < 1.29 is 4.74 Å². The molecule has 0 aliphatic heterocycles. The molecule has 134 valence electrons. The summed E-state index contributed by atoms with van der Waals surface area (Å²) in [5.74, 6) is 1.38. The zero-order valence-corrected chi connectivity index (χ0v) is 16.3. The first-order chi connectivity index (χ1) is 11.9. The van der Waals surface area contributed by atoms with Crippen LogP contribution in [-0.4, -0.2) is 23.0 Å². The normalized spacial score (nSPS) is 11.1. The first-order valence-electron chi connectivity index (χ1n) is 8.31. The summed E-state index contributed by atoms with van der Waals surface area (Å²) in [6.45, 7) is 9.68. The smallest absolute Gasteiger partial charge is 0.191 e. The van der Waals surface area contributed by atoms with Gasteiger partial charge >= 0.3 is 0 Å². The molecule has 0 amide bonds. The van der Waals surface area contributed by atoms with E-state index in [-0.39, 0.29) is 0 Å². The van der Waals surface area contributed by atoms with Crippen molar-refractivity contribution in [2.24, 2.45) is 11.0 Å². The summed E-state index contributed by atoms with van der Waals surface area (Å²) in [6.07, 6.45) is 1.80. The lowest BCUT2D eigenvalue weighted by atomic mass is 10.2. The lowest BCUT2D eigenvalue weighted by Crippen LogP contribution is -2.23. The average Bonchev–Trinajstić information content (AvgIpc) is 2.82. The third-order valence-corrected chi connectivity index (χ3v) is 4.05. The van der Waals surface area contributed by atoms with Gasteiger partial charge in [-0.2, -0.15) is 5.10 Å². The Balaban J connectivity index is 1.97. The number of aromatic nitrogens is 1. The number of nitrogens with one attached hydrogen (secondary N) is 2. The Morgan fingerprint density at radius 1 is 1.32 bits per heavy atom. The van der Waals surface area contributed by atoms with Gasteiger partial charge in [0, 0.05) is 35.2 Å². The van der Waals surface area contributed by atoms with E-state index in [1.54, 1.807) is 13.3 Å². The van der Waals surface area contributed by atoms with E-state index in [1.165, 1.54) is 11.4 Å². The van der Waals surface area contributed by atoms with Crippen LogP contribution in [0.3, 0.4) is 0 Å². The number of ether oxygens (including phenoxy) is 1. The minimum absolute atomic E-state index is 0.431. The molecule has 6 heteroatoms. The Morgan fingerprint density at radius 2 is 2.08 bits per heavy atom. The maximum Gasteiger partial charge on any atom is 0.191 e. The quantitative estimate of drug-likeness (QED) is 0.464. The monoisotopic (exact) mass is 358 g/mol. The molecule has 0 unspecified atom stereocenters. The highest BCUT2D eigenvalue weighted by atomic mass is 32.1. The number of hydrogen-bond acceptors (Lipinski definition) is 3. The number of methoxy groups -OCH3 is 1. The molecule has 2 aromatic rings. The zero-order chi connectivity index (χ0) is 18.4. The standard InChI is InChI=1S/C19H26N4OS/c1-13(2)12-23-14(3)9-16(15(23)4)11-20-22-19(25)21-17-7-6-8-18(10-17)24-5/h6-11,13H,12H2,1-5H3,(H2,21,22,25)/b20-11-. The molecule has 0 atom stereocenters. The van der Waals surface area contributed by atoms with Crippen LogP contribution in [0.25, 0.3) is 0 Å². The molecule has 0 aliphatic carbocycles. The second-order valence-electron chi connectivity index (χ2n) is 6.39. The highest BCUT2D eigenvalue weighted by Gasteiger charge is 2.08. The van der Waals surface area contributed by atoms with Crippen LogP contribution in [0.5, 0.6) is 5.75 Å². The molecule has 0 bridgehead atoms. The fourth-order valence-corrected chi connectivity index (χ4v) is 2.80. The molecule has 25 heavy (non-hydrogen) atoms. The molecule has 2 rings (SSSR count). The van der Waals surface area contributed by atoms with E-state index in [2.05, 4.69) is 54.2 Å². The lowest BCUT2D eigenvalue weighted by molar-refractivity contribution is 0.415. The van der Waals surface area contributed by atoms with Crippen LogP contribution in [0.4, 0.5) is 5.69 Å². The Labute approximate surface area is 155 Å². The maximum atomic E-state index is 5.27. The Hall–Kier alpha value is -2.34. The largest absolute Gasteiger partial charge is 0.497 e. The van der Waals surface area contributed by atoms with Crippen molar-refractivity contribution in [3.05, 3.63) is 47.3 Å². The highest BCUT2D eigenvalue weighted by molar-refractivity contribution is 7.80. The van der Waals surface area contributed by atoms with Crippen LogP contribution in [-0.2, 0) is 6.54 Å². The second-order valence-corrected chi connectivity index (χ2v) is 6.80. The SMILES string of the molecule is COc1cccc(NC(=S)N/N=C\c2cc(C)n(CC(C)C)c2C)c1. The minimum Gasteiger partial charge on any atom is -0.497 e. The Morgan fingerprint density at radius 3 is 2.76 bits per heavy atom. The molecular formula is C19H26N4OS. The van der Waals surface area contributed by atoms with Crippen molar-refractivity contribution in [3.8, 4) is 5.75 Å². The molecule has 5 nitrogen and oxygen atoms in total. The maximum absolute atomic E-state index is 5.27. The van der Waals surface area contributed by atoms with E-state index >= 15 is 0 Å². The molecule has 1 aromatic heterocycles. The van der Waals surface area contributed by atoms with Gasteiger partial charge in [0.15, 0.2) is 5.11 Å². The predicted molar refractivity (Wildman–Crippen MR) is 109 cm³/mol. The van der Waals surface area contributed by atoms with Gasteiger partial charge in [-0.25, -0.2) is 0 Å². The van der Waals surface area contributed by atoms with E-state index < -0.39 is 0 Å². The van der Waals surface area contributed by atoms with Crippen LogP contribution in [0.1, 0.15) is 30.8 Å². The third kappa shape index (κ3) is 5.32. The van der Waals surface area contributed by atoms with Gasteiger partial charge in [-0.3, -0.25) is 5.43 Å². The summed E-state index contributed by atoms with van der Waals surface area (Å²) in [6, 6.07) is 9.71. The van der Waals surface area contributed by atoms with E-state index in [9.17, 15) is 0 Å². The van der Waals surface area contributed by atoms with Crippen molar-refractivity contribution in [2.45, 2.75) is 34.2 Å². The van der Waals surface area contributed by atoms with Crippen LogP contribution in [0, 0.1) is 19.8 Å². The van der Waals surface area contributed by atoms with Gasteiger partial charge in [0.05, 0.1) is 13.3 Å². The molecule has 1 heterocycles.